The summed E-state index contributed by atoms with van der Waals surface area (Å²) in [5.41, 5.74) is 2.15. The Hall–Kier alpha value is -1.51. The van der Waals surface area contributed by atoms with Crippen molar-refractivity contribution < 1.29 is 4.79 Å². The van der Waals surface area contributed by atoms with Gasteiger partial charge in [-0.15, -0.1) is 0 Å². The van der Waals surface area contributed by atoms with Gasteiger partial charge in [0.25, 0.3) is 0 Å². The average molecular weight is 220 g/mol. The number of nitrogens with one attached hydrogen (secondary N) is 1. The van der Waals surface area contributed by atoms with Gasteiger partial charge in [0, 0.05) is 19.8 Å². The third-order valence-electron chi connectivity index (χ3n) is 2.75. The minimum Gasteiger partial charge on any atom is -0.331 e. The largest absolute Gasteiger partial charge is 0.331 e. The predicted octanol–water partition coefficient (Wildman–Crippen LogP) is 3.29. The molecule has 2 amide bonds. The third kappa shape index (κ3) is 3.26. The molecule has 1 atom stereocenters. The number of amides is 2. The molecule has 1 aromatic carbocycles. The average Bonchev–Trinajstić information content (AvgIpc) is 2.28. The topological polar surface area (TPSA) is 32.3 Å². The van der Waals surface area contributed by atoms with E-state index in [0.717, 1.165) is 12.1 Å². The van der Waals surface area contributed by atoms with Crippen LogP contribution in [0.2, 0.25) is 0 Å². The second-order valence-electron chi connectivity index (χ2n) is 4.26. The molecule has 0 radical (unpaired) electrons. The summed E-state index contributed by atoms with van der Waals surface area (Å²) in [5.74, 6) is 0.568. The Morgan fingerprint density at radius 2 is 1.88 bits per heavy atom. The first-order valence-electron chi connectivity index (χ1n) is 5.62. The van der Waals surface area contributed by atoms with Gasteiger partial charge in [0.05, 0.1) is 0 Å². The minimum absolute atomic E-state index is 0.101. The minimum atomic E-state index is -0.101. The zero-order chi connectivity index (χ0) is 12.1. The number of hydrogen-bond donors (Lipinski definition) is 1. The maximum absolute atomic E-state index is 11.4. The second kappa shape index (κ2) is 5.54. The number of carbonyl (C=O) groups is 1. The molecule has 0 saturated heterocycles. The van der Waals surface area contributed by atoms with Crippen LogP contribution in [0.15, 0.2) is 24.3 Å². The van der Waals surface area contributed by atoms with Crippen LogP contribution in [0.4, 0.5) is 10.5 Å². The van der Waals surface area contributed by atoms with Crippen LogP contribution in [0.3, 0.4) is 0 Å². The van der Waals surface area contributed by atoms with Crippen LogP contribution in [0.25, 0.3) is 0 Å². The Labute approximate surface area is 97.5 Å². The van der Waals surface area contributed by atoms with E-state index >= 15 is 0 Å². The summed E-state index contributed by atoms with van der Waals surface area (Å²) in [6, 6.07) is 7.93. The normalized spacial score (nSPS) is 12.0. The molecule has 0 unspecified atom stereocenters. The van der Waals surface area contributed by atoms with E-state index in [1.807, 2.05) is 12.1 Å². The van der Waals surface area contributed by atoms with Crippen molar-refractivity contribution in [3.63, 3.8) is 0 Å². The molecule has 1 aromatic rings. The van der Waals surface area contributed by atoms with Gasteiger partial charge in [-0.1, -0.05) is 26.0 Å². The van der Waals surface area contributed by atoms with E-state index < -0.39 is 0 Å². The molecule has 88 valence electrons. The Bertz CT molecular complexity index is 343. The predicted molar refractivity (Wildman–Crippen MR) is 67.9 cm³/mol. The second-order valence-corrected chi connectivity index (χ2v) is 4.26. The highest BCUT2D eigenvalue weighted by atomic mass is 16.2. The molecular formula is C13H20N2O. The molecule has 0 saturated carbocycles. The smallest absolute Gasteiger partial charge is 0.321 e. The molecule has 0 aliphatic heterocycles. The SMILES string of the molecule is CC[C@H](C)c1ccc(NC(=O)N(C)C)cc1. The Morgan fingerprint density at radius 3 is 2.31 bits per heavy atom. The lowest BCUT2D eigenvalue weighted by atomic mass is 9.99. The molecule has 0 fully saturated rings. The Balaban J connectivity index is 2.68. The van der Waals surface area contributed by atoms with Crippen molar-refractivity contribution in [2.45, 2.75) is 26.2 Å². The van der Waals surface area contributed by atoms with Crippen LogP contribution >= 0.6 is 0 Å². The van der Waals surface area contributed by atoms with Gasteiger partial charge in [-0.25, -0.2) is 4.79 Å². The molecule has 0 heterocycles. The fourth-order valence-corrected chi connectivity index (χ4v) is 1.37. The molecule has 16 heavy (non-hydrogen) atoms. The summed E-state index contributed by atoms with van der Waals surface area (Å²) in [7, 11) is 3.45. The molecule has 1 N–H and O–H groups in total. The van der Waals surface area contributed by atoms with Crippen molar-refractivity contribution in [1.29, 1.82) is 0 Å². The summed E-state index contributed by atoms with van der Waals surface area (Å²) < 4.78 is 0. The van der Waals surface area contributed by atoms with Crippen molar-refractivity contribution in [2.24, 2.45) is 0 Å². The number of nitrogens with zero attached hydrogens (tertiary/aromatic N) is 1. The summed E-state index contributed by atoms with van der Waals surface area (Å²) in [6.07, 6.45) is 1.13. The van der Waals surface area contributed by atoms with E-state index in [1.54, 1.807) is 14.1 Å². The van der Waals surface area contributed by atoms with Gasteiger partial charge in [0.1, 0.15) is 0 Å². The van der Waals surface area contributed by atoms with Crippen molar-refractivity contribution >= 4 is 11.7 Å². The number of anilines is 1. The van der Waals surface area contributed by atoms with E-state index in [1.165, 1.54) is 10.5 Å². The first-order chi connectivity index (χ1) is 7.54. The highest BCUT2D eigenvalue weighted by Crippen LogP contribution is 2.20. The van der Waals surface area contributed by atoms with E-state index in [-0.39, 0.29) is 6.03 Å². The molecule has 0 aliphatic rings. The lowest BCUT2D eigenvalue weighted by Gasteiger charge is -2.13. The first-order valence-corrected chi connectivity index (χ1v) is 5.62. The van der Waals surface area contributed by atoms with E-state index in [0.29, 0.717) is 5.92 Å². The van der Waals surface area contributed by atoms with Crippen LogP contribution in [0.5, 0.6) is 0 Å². The number of urea groups is 1. The Morgan fingerprint density at radius 1 is 1.31 bits per heavy atom. The van der Waals surface area contributed by atoms with Gasteiger partial charge in [-0.05, 0) is 30.0 Å². The van der Waals surface area contributed by atoms with Gasteiger partial charge in [0.15, 0.2) is 0 Å². The molecule has 0 spiro atoms. The number of carbonyl (C=O) groups excluding carboxylic acids is 1. The van der Waals surface area contributed by atoms with Crippen LogP contribution in [0, 0.1) is 0 Å². The van der Waals surface area contributed by atoms with Crippen LogP contribution in [0.1, 0.15) is 31.7 Å². The fraction of sp³-hybridized carbons (Fsp3) is 0.462. The van der Waals surface area contributed by atoms with E-state index in [4.69, 9.17) is 0 Å². The lowest BCUT2D eigenvalue weighted by molar-refractivity contribution is 0.230. The number of hydrogen-bond acceptors (Lipinski definition) is 1. The fourth-order valence-electron chi connectivity index (χ4n) is 1.37. The molecule has 0 aliphatic carbocycles. The maximum atomic E-state index is 11.4. The molecule has 3 heteroatoms. The van der Waals surface area contributed by atoms with Crippen LogP contribution in [-0.4, -0.2) is 25.0 Å². The van der Waals surface area contributed by atoms with Crippen LogP contribution in [-0.2, 0) is 0 Å². The summed E-state index contributed by atoms with van der Waals surface area (Å²) in [6.45, 7) is 4.37. The quantitative estimate of drug-likeness (QED) is 0.833. The number of benzene rings is 1. The third-order valence-corrected chi connectivity index (χ3v) is 2.75. The first kappa shape index (κ1) is 12.6. The van der Waals surface area contributed by atoms with Gasteiger partial charge in [-0.2, -0.15) is 0 Å². The summed E-state index contributed by atoms with van der Waals surface area (Å²) in [4.78, 5) is 12.9. The summed E-state index contributed by atoms with van der Waals surface area (Å²) in [5, 5.41) is 2.81. The molecule has 3 nitrogen and oxygen atoms in total. The lowest BCUT2D eigenvalue weighted by Crippen LogP contribution is -2.27. The van der Waals surface area contributed by atoms with Gasteiger partial charge in [0.2, 0.25) is 0 Å². The van der Waals surface area contributed by atoms with Crippen LogP contribution < -0.4 is 5.32 Å². The summed E-state index contributed by atoms with van der Waals surface area (Å²) >= 11 is 0. The van der Waals surface area contributed by atoms with E-state index in [2.05, 4.69) is 31.3 Å². The van der Waals surface area contributed by atoms with E-state index in [9.17, 15) is 4.79 Å². The van der Waals surface area contributed by atoms with Gasteiger partial charge < -0.3 is 10.2 Å². The van der Waals surface area contributed by atoms with Crippen molar-refractivity contribution in [3.05, 3.63) is 29.8 Å². The highest BCUT2D eigenvalue weighted by Gasteiger charge is 2.05. The van der Waals surface area contributed by atoms with Crippen molar-refractivity contribution in [3.8, 4) is 0 Å². The van der Waals surface area contributed by atoms with Crippen molar-refractivity contribution in [2.75, 3.05) is 19.4 Å². The zero-order valence-corrected chi connectivity index (χ0v) is 10.4. The highest BCUT2D eigenvalue weighted by molar-refractivity contribution is 5.88. The zero-order valence-electron chi connectivity index (χ0n) is 10.4. The molecule has 0 aromatic heterocycles. The Kier molecular flexibility index (Phi) is 4.35. The molecule has 0 bridgehead atoms. The standard InChI is InChI=1S/C13H20N2O/c1-5-10(2)11-6-8-12(9-7-11)14-13(16)15(3)4/h6-10H,5H2,1-4H3,(H,14,16)/t10-/m0/s1. The molecule has 1 rings (SSSR count). The monoisotopic (exact) mass is 220 g/mol. The van der Waals surface area contributed by atoms with Crippen molar-refractivity contribution in [1.82, 2.24) is 4.90 Å². The van der Waals surface area contributed by atoms with Gasteiger partial charge >= 0.3 is 6.03 Å². The van der Waals surface area contributed by atoms with Gasteiger partial charge in [-0.3, -0.25) is 0 Å². The number of rotatable bonds is 3. The molecular weight excluding hydrogens is 200 g/mol. The maximum Gasteiger partial charge on any atom is 0.321 e.